The van der Waals surface area contributed by atoms with Crippen LogP contribution in [0.15, 0.2) is 42.5 Å². The molecular formula is C19H23N3O3. The number of rotatable bonds is 6. The van der Waals surface area contributed by atoms with Crippen molar-refractivity contribution in [2.45, 2.75) is 6.92 Å². The molecule has 0 atom stereocenters. The lowest BCUT2D eigenvalue weighted by molar-refractivity contribution is -0.114. The van der Waals surface area contributed by atoms with Crippen molar-refractivity contribution in [1.82, 2.24) is 4.90 Å². The van der Waals surface area contributed by atoms with Gasteiger partial charge in [-0.25, -0.2) is 0 Å². The second-order valence-corrected chi connectivity index (χ2v) is 5.89. The van der Waals surface area contributed by atoms with Gasteiger partial charge < -0.3 is 20.3 Å². The van der Waals surface area contributed by atoms with E-state index in [-0.39, 0.29) is 18.4 Å². The minimum Gasteiger partial charge on any atom is -0.495 e. The Morgan fingerprint density at radius 1 is 1.12 bits per heavy atom. The van der Waals surface area contributed by atoms with Crippen LogP contribution < -0.4 is 15.4 Å². The van der Waals surface area contributed by atoms with Crippen LogP contribution >= 0.6 is 0 Å². The van der Waals surface area contributed by atoms with E-state index in [0.717, 1.165) is 5.56 Å². The third-order valence-electron chi connectivity index (χ3n) is 3.60. The lowest BCUT2D eigenvalue weighted by Gasteiger charge is -2.13. The topological polar surface area (TPSA) is 70.7 Å². The van der Waals surface area contributed by atoms with Gasteiger partial charge in [0.05, 0.1) is 19.3 Å². The Morgan fingerprint density at radius 2 is 1.88 bits per heavy atom. The lowest BCUT2D eigenvalue weighted by Crippen LogP contribution is -2.23. The normalized spacial score (nSPS) is 10.1. The summed E-state index contributed by atoms with van der Waals surface area (Å²) in [6.45, 7) is 2.03. The van der Waals surface area contributed by atoms with Crippen LogP contribution in [-0.2, 0) is 4.79 Å². The van der Waals surface area contributed by atoms with Crippen molar-refractivity contribution in [2.24, 2.45) is 0 Å². The van der Waals surface area contributed by atoms with Crippen molar-refractivity contribution in [2.75, 3.05) is 38.4 Å². The van der Waals surface area contributed by atoms with E-state index in [1.807, 2.05) is 31.2 Å². The molecule has 0 fully saturated rings. The average Bonchev–Trinajstić information content (AvgIpc) is 2.59. The summed E-state index contributed by atoms with van der Waals surface area (Å²) in [5, 5.41) is 5.85. The Balaban J connectivity index is 2.00. The van der Waals surface area contributed by atoms with Crippen LogP contribution in [0, 0.1) is 6.92 Å². The molecule has 0 unspecified atom stereocenters. The van der Waals surface area contributed by atoms with E-state index in [9.17, 15) is 9.59 Å². The molecule has 0 spiro atoms. The van der Waals surface area contributed by atoms with Crippen molar-refractivity contribution < 1.29 is 14.3 Å². The van der Waals surface area contributed by atoms with E-state index in [0.29, 0.717) is 22.7 Å². The molecule has 0 aromatic heterocycles. The van der Waals surface area contributed by atoms with Crippen LogP contribution in [0.3, 0.4) is 0 Å². The number of carbonyl (C=O) groups excluding carboxylic acids is 2. The summed E-state index contributed by atoms with van der Waals surface area (Å²) in [6.07, 6.45) is 0. The fourth-order valence-electron chi connectivity index (χ4n) is 2.32. The van der Waals surface area contributed by atoms with Crippen molar-refractivity contribution in [3.8, 4) is 5.75 Å². The highest BCUT2D eigenvalue weighted by Crippen LogP contribution is 2.25. The molecule has 25 heavy (non-hydrogen) atoms. The number of ether oxygens (including phenoxy) is 1. The van der Waals surface area contributed by atoms with Gasteiger partial charge in [-0.3, -0.25) is 9.59 Å². The molecule has 0 saturated carbocycles. The second-order valence-electron chi connectivity index (χ2n) is 5.89. The van der Waals surface area contributed by atoms with Crippen molar-refractivity contribution >= 4 is 23.2 Å². The zero-order chi connectivity index (χ0) is 18.4. The molecule has 2 amide bonds. The van der Waals surface area contributed by atoms with Crippen molar-refractivity contribution in [1.29, 1.82) is 0 Å². The van der Waals surface area contributed by atoms with E-state index in [1.54, 1.807) is 39.4 Å². The van der Waals surface area contributed by atoms with Gasteiger partial charge in [0.1, 0.15) is 5.75 Å². The number of nitrogens with one attached hydrogen (secondary N) is 2. The fourth-order valence-corrected chi connectivity index (χ4v) is 2.32. The summed E-state index contributed by atoms with van der Waals surface area (Å²) in [5.74, 6) is 0.323. The largest absolute Gasteiger partial charge is 0.495 e. The van der Waals surface area contributed by atoms with Crippen LogP contribution in [0.25, 0.3) is 0 Å². The van der Waals surface area contributed by atoms with Crippen molar-refractivity contribution in [3.63, 3.8) is 0 Å². The molecule has 0 aliphatic rings. The van der Waals surface area contributed by atoms with Crippen LogP contribution in [0.4, 0.5) is 11.4 Å². The minimum atomic E-state index is -0.201. The van der Waals surface area contributed by atoms with E-state index in [4.69, 9.17) is 4.74 Å². The first-order valence-electron chi connectivity index (χ1n) is 7.91. The number of nitrogens with zero attached hydrogens (tertiary/aromatic N) is 1. The number of methoxy groups -OCH3 is 1. The molecule has 2 N–H and O–H groups in total. The molecule has 0 bridgehead atoms. The van der Waals surface area contributed by atoms with Gasteiger partial charge in [-0.1, -0.05) is 12.1 Å². The minimum absolute atomic E-state index is 0.0801. The number of hydrogen-bond donors (Lipinski definition) is 2. The number of benzene rings is 2. The first-order valence-corrected chi connectivity index (χ1v) is 7.91. The molecule has 2 aromatic carbocycles. The third kappa shape index (κ3) is 4.97. The Labute approximate surface area is 147 Å². The third-order valence-corrected chi connectivity index (χ3v) is 3.60. The van der Waals surface area contributed by atoms with Gasteiger partial charge in [0.2, 0.25) is 5.91 Å². The summed E-state index contributed by atoms with van der Waals surface area (Å²) >= 11 is 0. The molecule has 0 saturated heterocycles. The molecule has 6 heteroatoms. The lowest BCUT2D eigenvalue weighted by atomic mass is 10.2. The predicted octanol–water partition coefficient (Wildman–Crippen LogP) is 2.76. The molecule has 132 valence electrons. The number of amides is 2. The number of aryl methyl sites for hydroxylation is 1. The highest BCUT2D eigenvalue weighted by molar-refractivity contribution is 5.96. The summed E-state index contributed by atoms with van der Waals surface area (Å²) < 4.78 is 5.25. The smallest absolute Gasteiger partial charge is 0.253 e. The highest BCUT2D eigenvalue weighted by atomic mass is 16.5. The highest BCUT2D eigenvalue weighted by Gasteiger charge is 2.10. The van der Waals surface area contributed by atoms with Crippen LogP contribution in [0.5, 0.6) is 5.75 Å². The number of hydrogen-bond acceptors (Lipinski definition) is 4. The zero-order valence-corrected chi connectivity index (χ0v) is 14.9. The SMILES string of the molecule is COc1ccc(C)cc1NC(=O)CNc1cccc(C(=O)N(C)C)c1. The monoisotopic (exact) mass is 341 g/mol. The van der Waals surface area contributed by atoms with Gasteiger partial charge in [-0.05, 0) is 42.8 Å². The number of anilines is 2. The van der Waals surface area contributed by atoms with E-state index < -0.39 is 0 Å². The Hall–Kier alpha value is -3.02. The molecule has 0 aliphatic carbocycles. The fraction of sp³-hybridized carbons (Fsp3) is 0.263. The summed E-state index contributed by atoms with van der Waals surface area (Å²) in [5.41, 5.74) is 2.93. The van der Waals surface area contributed by atoms with E-state index in [2.05, 4.69) is 10.6 Å². The van der Waals surface area contributed by atoms with Gasteiger partial charge in [0.25, 0.3) is 5.91 Å². The first-order chi connectivity index (χ1) is 11.9. The molecular weight excluding hydrogens is 318 g/mol. The Bertz CT molecular complexity index is 772. The maximum atomic E-state index is 12.2. The number of carbonyl (C=O) groups is 2. The maximum absolute atomic E-state index is 12.2. The molecule has 2 rings (SSSR count). The van der Waals surface area contributed by atoms with Crippen molar-refractivity contribution in [3.05, 3.63) is 53.6 Å². The standard InChI is InChI=1S/C19H23N3O3/c1-13-8-9-17(25-4)16(10-13)21-18(23)12-20-15-7-5-6-14(11-15)19(24)22(2)3/h5-11,20H,12H2,1-4H3,(H,21,23). The molecule has 0 radical (unpaired) electrons. The van der Waals surface area contributed by atoms with Gasteiger partial charge in [0, 0.05) is 25.3 Å². The quantitative estimate of drug-likeness (QED) is 0.847. The van der Waals surface area contributed by atoms with Gasteiger partial charge in [-0.15, -0.1) is 0 Å². The second kappa shape index (κ2) is 8.19. The van der Waals surface area contributed by atoms with Crippen LogP contribution in [-0.4, -0.2) is 44.5 Å². The first kappa shape index (κ1) is 18.3. The predicted molar refractivity (Wildman–Crippen MR) is 99.3 cm³/mol. The molecule has 2 aromatic rings. The van der Waals surface area contributed by atoms with E-state index >= 15 is 0 Å². The van der Waals surface area contributed by atoms with Crippen LogP contribution in [0.2, 0.25) is 0 Å². The van der Waals surface area contributed by atoms with Gasteiger partial charge >= 0.3 is 0 Å². The maximum Gasteiger partial charge on any atom is 0.253 e. The van der Waals surface area contributed by atoms with Crippen LogP contribution in [0.1, 0.15) is 15.9 Å². The van der Waals surface area contributed by atoms with Gasteiger partial charge in [0.15, 0.2) is 0 Å². The summed E-state index contributed by atoms with van der Waals surface area (Å²) in [7, 11) is 4.96. The zero-order valence-electron chi connectivity index (χ0n) is 14.9. The average molecular weight is 341 g/mol. The summed E-state index contributed by atoms with van der Waals surface area (Å²) in [4.78, 5) is 25.7. The summed E-state index contributed by atoms with van der Waals surface area (Å²) in [6, 6.07) is 12.6. The molecule has 0 aliphatic heterocycles. The Morgan fingerprint density at radius 3 is 2.56 bits per heavy atom. The molecule has 0 heterocycles. The van der Waals surface area contributed by atoms with Gasteiger partial charge in [-0.2, -0.15) is 0 Å². The van der Waals surface area contributed by atoms with E-state index in [1.165, 1.54) is 4.90 Å². The Kier molecular flexibility index (Phi) is 6.00. The molecule has 6 nitrogen and oxygen atoms in total.